The lowest BCUT2D eigenvalue weighted by atomic mass is 9.77. The predicted molar refractivity (Wildman–Crippen MR) is 79.0 cm³/mol. The Labute approximate surface area is 116 Å². The lowest BCUT2D eigenvalue weighted by molar-refractivity contribution is -0.153. The molecule has 0 amide bonds. The Balaban J connectivity index is 3.31. The van der Waals surface area contributed by atoms with Gasteiger partial charge in [0, 0.05) is 12.3 Å². The van der Waals surface area contributed by atoms with Gasteiger partial charge in [-0.15, -0.1) is 6.58 Å². The van der Waals surface area contributed by atoms with Crippen molar-refractivity contribution in [2.24, 2.45) is 5.41 Å². The fraction of sp³-hybridized carbons (Fsp3) is 0.471. The van der Waals surface area contributed by atoms with E-state index in [1.54, 1.807) is 0 Å². The number of carbonyl (C=O) groups is 1. The molecule has 0 aliphatic heterocycles. The zero-order valence-corrected chi connectivity index (χ0v) is 12.6. The number of aryl methyl sites for hydroxylation is 2. The van der Waals surface area contributed by atoms with Crippen LogP contribution in [-0.2, 0) is 9.53 Å². The summed E-state index contributed by atoms with van der Waals surface area (Å²) in [6.45, 7) is 13.6. The van der Waals surface area contributed by atoms with Crippen molar-refractivity contribution in [3.63, 3.8) is 0 Å². The molecule has 0 aliphatic carbocycles. The quantitative estimate of drug-likeness (QED) is 0.575. The van der Waals surface area contributed by atoms with Crippen LogP contribution in [0.25, 0.3) is 0 Å². The highest BCUT2D eigenvalue weighted by Crippen LogP contribution is 2.42. The molecule has 0 spiro atoms. The van der Waals surface area contributed by atoms with Gasteiger partial charge in [-0.2, -0.15) is 0 Å². The summed E-state index contributed by atoms with van der Waals surface area (Å²) in [6.07, 6.45) is 2.42. The fourth-order valence-electron chi connectivity index (χ4n) is 2.50. The second-order valence-corrected chi connectivity index (χ2v) is 5.78. The van der Waals surface area contributed by atoms with Gasteiger partial charge in [-0.1, -0.05) is 38.1 Å². The van der Waals surface area contributed by atoms with Crippen LogP contribution in [0.2, 0.25) is 0 Å². The summed E-state index contributed by atoms with van der Waals surface area (Å²) in [5, 5.41) is 0. The minimum Gasteiger partial charge on any atom is -0.457 e. The number of rotatable bonds is 5. The molecule has 1 aromatic rings. The van der Waals surface area contributed by atoms with Crippen molar-refractivity contribution in [3.8, 4) is 0 Å². The monoisotopic (exact) mass is 260 g/mol. The van der Waals surface area contributed by atoms with E-state index in [0.717, 1.165) is 23.1 Å². The maximum atomic E-state index is 11.5. The number of ether oxygens (including phenoxy) is 1. The molecule has 1 unspecified atom stereocenters. The Bertz CT molecular complexity index is 452. The van der Waals surface area contributed by atoms with Crippen LogP contribution in [-0.4, -0.2) is 5.97 Å². The van der Waals surface area contributed by atoms with E-state index in [-0.39, 0.29) is 17.5 Å². The third-order valence-electron chi connectivity index (χ3n) is 3.47. The summed E-state index contributed by atoms with van der Waals surface area (Å²) >= 11 is 0. The Morgan fingerprint density at radius 3 is 2.32 bits per heavy atom. The van der Waals surface area contributed by atoms with E-state index in [2.05, 4.69) is 46.4 Å². The zero-order valence-electron chi connectivity index (χ0n) is 12.6. The van der Waals surface area contributed by atoms with Crippen LogP contribution in [0.5, 0.6) is 0 Å². The minimum atomic E-state index is -0.246. The first-order valence-corrected chi connectivity index (χ1v) is 6.64. The van der Waals surface area contributed by atoms with Crippen molar-refractivity contribution in [1.82, 2.24) is 0 Å². The third kappa shape index (κ3) is 3.69. The van der Waals surface area contributed by atoms with Gasteiger partial charge in [0.15, 0.2) is 0 Å². The largest absolute Gasteiger partial charge is 0.457 e. The van der Waals surface area contributed by atoms with E-state index >= 15 is 0 Å². The molecule has 19 heavy (non-hydrogen) atoms. The van der Waals surface area contributed by atoms with Gasteiger partial charge in [0.1, 0.15) is 6.10 Å². The van der Waals surface area contributed by atoms with E-state index in [4.69, 9.17) is 4.74 Å². The fourth-order valence-corrected chi connectivity index (χ4v) is 2.50. The summed E-state index contributed by atoms with van der Waals surface area (Å²) in [7, 11) is 0. The van der Waals surface area contributed by atoms with Crippen molar-refractivity contribution in [3.05, 3.63) is 47.5 Å². The van der Waals surface area contributed by atoms with Crippen molar-refractivity contribution in [2.45, 2.75) is 47.1 Å². The summed E-state index contributed by atoms with van der Waals surface area (Å²) in [4.78, 5) is 11.5. The lowest BCUT2D eigenvalue weighted by Crippen LogP contribution is -2.27. The first-order chi connectivity index (χ1) is 8.79. The van der Waals surface area contributed by atoms with Crippen LogP contribution in [0, 0.1) is 19.3 Å². The molecule has 0 aromatic heterocycles. The number of benzene rings is 1. The van der Waals surface area contributed by atoms with Gasteiger partial charge in [-0.05, 0) is 37.0 Å². The maximum Gasteiger partial charge on any atom is 0.303 e. The molecule has 0 bridgehead atoms. The molecule has 2 heteroatoms. The normalized spacial score (nSPS) is 12.9. The number of carbonyl (C=O) groups excluding carboxylic acids is 1. The molecule has 2 nitrogen and oxygen atoms in total. The first kappa shape index (κ1) is 15.5. The molecule has 0 saturated heterocycles. The Morgan fingerprint density at radius 2 is 1.89 bits per heavy atom. The van der Waals surface area contributed by atoms with Crippen molar-refractivity contribution in [1.29, 1.82) is 0 Å². The Morgan fingerprint density at radius 1 is 1.37 bits per heavy atom. The third-order valence-corrected chi connectivity index (χ3v) is 3.47. The second-order valence-electron chi connectivity index (χ2n) is 5.78. The lowest BCUT2D eigenvalue weighted by Gasteiger charge is -2.35. The molecule has 0 saturated carbocycles. The highest BCUT2D eigenvalue weighted by atomic mass is 16.5. The number of hydrogen-bond acceptors (Lipinski definition) is 2. The average Bonchev–Trinajstić information content (AvgIpc) is 2.26. The van der Waals surface area contributed by atoms with E-state index in [1.165, 1.54) is 6.92 Å². The van der Waals surface area contributed by atoms with Crippen LogP contribution < -0.4 is 0 Å². The topological polar surface area (TPSA) is 26.3 Å². The van der Waals surface area contributed by atoms with E-state index in [9.17, 15) is 4.79 Å². The molecular weight excluding hydrogens is 236 g/mol. The minimum absolute atomic E-state index is 0.176. The highest BCUT2D eigenvalue weighted by Gasteiger charge is 2.34. The van der Waals surface area contributed by atoms with Crippen LogP contribution in [0.3, 0.4) is 0 Å². The van der Waals surface area contributed by atoms with Crippen LogP contribution in [0.4, 0.5) is 0 Å². The van der Waals surface area contributed by atoms with Crippen LogP contribution in [0.1, 0.15) is 50.0 Å². The predicted octanol–water partition coefficient (Wildman–Crippen LogP) is 4.51. The molecule has 0 N–H and O–H groups in total. The molecular formula is C17H24O2. The summed E-state index contributed by atoms with van der Waals surface area (Å²) in [5.41, 5.74) is 3.25. The van der Waals surface area contributed by atoms with Gasteiger partial charge in [-0.3, -0.25) is 4.79 Å². The first-order valence-electron chi connectivity index (χ1n) is 6.64. The zero-order chi connectivity index (χ0) is 14.6. The standard InChI is InChI=1S/C17H24O2/c1-7-11-17(5,6)16(19-14(4)18)15-12(2)9-8-10-13(15)3/h7-10,16H,1,11H2,2-6H3. The number of hydrogen-bond donors (Lipinski definition) is 0. The number of esters is 1. The molecule has 0 radical (unpaired) electrons. The molecule has 104 valence electrons. The highest BCUT2D eigenvalue weighted by molar-refractivity contribution is 5.66. The molecule has 1 atom stereocenters. The van der Waals surface area contributed by atoms with Crippen molar-refractivity contribution >= 4 is 5.97 Å². The molecule has 0 fully saturated rings. The molecule has 0 heterocycles. The summed E-state index contributed by atoms with van der Waals surface area (Å²) in [6, 6.07) is 6.14. The van der Waals surface area contributed by atoms with Gasteiger partial charge in [0.25, 0.3) is 0 Å². The molecule has 1 rings (SSSR count). The Kier molecular flexibility index (Phi) is 4.93. The average molecular weight is 260 g/mol. The van der Waals surface area contributed by atoms with Crippen LogP contribution in [0.15, 0.2) is 30.9 Å². The maximum absolute atomic E-state index is 11.5. The summed E-state index contributed by atoms with van der Waals surface area (Å²) < 4.78 is 5.63. The second kappa shape index (κ2) is 6.05. The van der Waals surface area contributed by atoms with Crippen molar-refractivity contribution in [2.75, 3.05) is 0 Å². The van der Waals surface area contributed by atoms with E-state index in [0.29, 0.717) is 0 Å². The van der Waals surface area contributed by atoms with Gasteiger partial charge in [0.2, 0.25) is 0 Å². The van der Waals surface area contributed by atoms with E-state index in [1.807, 2.05) is 12.1 Å². The van der Waals surface area contributed by atoms with Crippen molar-refractivity contribution < 1.29 is 9.53 Å². The van der Waals surface area contributed by atoms with Gasteiger partial charge in [-0.25, -0.2) is 0 Å². The smallest absolute Gasteiger partial charge is 0.303 e. The van der Waals surface area contributed by atoms with E-state index < -0.39 is 0 Å². The van der Waals surface area contributed by atoms with Gasteiger partial charge < -0.3 is 4.74 Å². The van der Waals surface area contributed by atoms with Gasteiger partial charge >= 0.3 is 5.97 Å². The van der Waals surface area contributed by atoms with Gasteiger partial charge in [0.05, 0.1) is 0 Å². The Hall–Kier alpha value is -1.57. The SMILES string of the molecule is C=CCC(C)(C)C(OC(C)=O)c1c(C)cccc1C. The number of allylic oxidation sites excluding steroid dienone is 1. The molecule has 0 aliphatic rings. The molecule has 1 aromatic carbocycles. The summed E-state index contributed by atoms with van der Waals surface area (Å²) in [5.74, 6) is -0.246. The van der Waals surface area contributed by atoms with Crippen LogP contribution >= 0.6 is 0 Å².